The maximum absolute atomic E-state index is 14.7. The highest BCUT2D eigenvalue weighted by atomic mass is 35.6. The molecule has 0 radical (unpaired) electrons. The number of likely N-dealkylation sites (tertiary alicyclic amines) is 2. The first kappa shape index (κ1) is 111. The fraction of sp³-hybridized carbons (Fsp3) is 0.489. The van der Waals surface area contributed by atoms with E-state index >= 15 is 0 Å². The van der Waals surface area contributed by atoms with Crippen LogP contribution in [0.15, 0.2) is 109 Å². The zero-order valence-corrected chi connectivity index (χ0v) is 80.5. The van der Waals surface area contributed by atoms with Crippen LogP contribution in [0, 0.1) is 56.7 Å². The van der Waals surface area contributed by atoms with Crippen molar-refractivity contribution in [2.45, 2.75) is 218 Å². The summed E-state index contributed by atoms with van der Waals surface area (Å²) in [4.78, 5) is 181. The Hall–Kier alpha value is -11.0. The fourth-order valence-corrected chi connectivity index (χ4v) is 12.9. The SMILES string of the molecule is CC(F)C(O)C(=O)N[C@@H](C)C(=O)N1CCC[C@@H](C(=O)OCC(Cl)(Cl)Cl)C1.CC(F)C(OC(=O)C(C)(C)/C=C/c1ccc2ccc([C@@H](C)NC(=O)OC(C)(C)C)nc2c1)C(=O)N[C@@H](C)C(=O)N1CCC[C@@H](C(=O)OCC(Cl)(Cl)Cl)C1.C[C@@H](NC(=O)OC(C)(C)C)c1ccc2ccc(/C=C/C(C)(C)C(=O)O)cc2n1.Cc1cccc([N+](=O)[O-])c1C(=O)OC(=O)c1c(C)cccc1[N+](=O)[O-]. The van der Waals surface area contributed by atoms with Crippen LogP contribution in [0.1, 0.15) is 203 Å². The molecular formula is C90H110Cl6F2N10O24. The van der Waals surface area contributed by atoms with Crippen molar-refractivity contribution in [3.05, 3.63) is 174 Å². The number of esters is 5. The minimum Gasteiger partial charge on any atom is -0.481 e. The number of hydrogen-bond acceptors (Lipinski definition) is 25. The average molecular weight is 1970 g/mol. The van der Waals surface area contributed by atoms with Gasteiger partial charge < -0.3 is 69.7 Å². The van der Waals surface area contributed by atoms with Gasteiger partial charge in [-0.3, -0.25) is 68.6 Å². The number of rotatable bonds is 27. The minimum atomic E-state index is -1.90. The number of alkyl carbamates (subject to hydrolysis) is 2. The fourth-order valence-electron chi connectivity index (χ4n) is 12.6. The number of amides is 6. The van der Waals surface area contributed by atoms with Crippen LogP contribution in [0.4, 0.5) is 29.7 Å². The maximum atomic E-state index is 14.7. The second kappa shape index (κ2) is 48.6. The molecule has 0 aliphatic carbocycles. The smallest absolute Gasteiger partial charge is 0.408 e. The zero-order chi connectivity index (χ0) is 99.8. The number of piperidine rings is 2. The quantitative estimate of drug-likeness (QED) is 0.00696. The molecule has 2 aliphatic rings. The number of aliphatic hydroxyl groups is 1. The number of fused-ring (bicyclic) bond motifs is 2. The summed E-state index contributed by atoms with van der Waals surface area (Å²) in [5.74, 6) is -9.58. The van der Waals surface area contributed by atoms with E-state index in [0.29, 0.717) is 61.2 Å². The van der Waals surface area contributed by atoms with Crippen molar-refractivity contribution in [1.29, 1.82) is 0 Å². The Bertz CT molecular complexity index is 5190. The number of nitrogens with one attached hydrogen (secondary N) is 4. The van der Waals surface area contributed by atoms with Gasteiger partial charge in [0, 0.05) is 49.1 Å². The van der Waals surface area contributed by atoms with Gasteiger partial charge in [-0.15, -0.1) is 0 Å². The van der Waals surface area contributed by atoms with E-state index < -0.39 is 190 Å². The molecule has 2 aromatic heterocycles. The van der Waals surface area contributed by atoms with Gasteiger partial charge in [0.05, 0.1) is 67.0 Å². The summed E-state index contributed by atoms with van der Waals surface area (Å²) in [6, 6.07) is 23.8. The predicted octanol–water partition coefficient (Wildman–Crippen LogP) is 16.2. The Morgan fingerprint density at radius 1 is 0.538 bits per heavy atom. The molecule has 8 rings (SSSR count). The highest BCUT2D eigenvalue weighted by Gasteiger charge is 2.41. The predicted molar refractivity (Wildman–Crippen MR) is 491 cm³/mol. The second-order valence-electron chi connectivity index (χ2n) is 34.4. The molecule has 6 N–H and O–H groups in total. The van der Waals surface area contributed by atoms with Gasteiger partial charge in [-0.05, 0) is 197 Å². The lowest BCUT2D eigenvalue weighted by atomic mass is 9.92. The van der Waals surface area contributed by atoms with E-state index in [1.54, 1.807) is 79.7 Å². The van der Waals surface area contributed by atoms with Gasteiger partial charge in [0.25, 0.3) is 23.2 Å². The number of carboxylic acid groups (broad SMARTS) is 1. The van der Waals surface area contributed by atoms with Crippen LogP contribution in [-0.4, -0.2) is 206 Å². The van der Waals surface area contributed by atoms with Gasteiger partial charge in [-0.2, -0.15) is 0 Å². The van der Waals surface area contributed by atoms with Gasteiger partial charge >= 0.3 is 48.0 Å². The van der Waals surface area contributed by atoms with Crippen molar-refractivity contribution in [3.63, 3.8) is 0 Å². The molecule has 42 heteroatoms. The zero-order valence-electron chi connectivity index (χ0n) is 76.0. The molecule has 4 unspecified atom stereocenters. The van der Waals surface area contributed by atoms with Crippen molar-refractivity contribution >= 4 is 187 Å². The first-order valence-corrected chi connectivity index (χ1v) is 43.7. The number of aryl methyl sites for hydroxylation is 2. The van der Waals surface area contributed by atoms with Crippen molar-refractivity contribution < 1.29 is 115 Å². The Labute approximate surface area is 791 Å². The van der Waals surface area contributed by atoms with Crippen LogP contribution in [0.5, 0.6) is 0 Å². The molecular weight excluding hydrogens is 1860 g/mol. The lowest BCUT2D eigenvalue weighted by molar-refractivity contribution is -0.385. The van der Waals surface area contributed by atoms with Gasteiger partial charge in [0.1, 0.15) is 60.0 Å². The monoisotopic (exact) mass is 1960 g/mol. The van der Waals surface area contributed by atoms with E-state index in [1.165, 1.54) is 61.8 Å². The van der Waals surface area contributed by atoms with Crippen molar-refractivity contribution in [2.24, 2.45) is 22.7 Å². The summed E-state index contributed by atoms with van der Waals surface area (Å²) in [6.07, 6.45) is 0.323. The number of nitrogens with zero attached hydrogens (tertiary/aromatic N) is 6. The van der Waals surface area contributed by atoms with Crippen LogP contribution < -0.4 is 21.3 Å². The summed E-state index contributed by atoms with van der Waals surface area (Å²) in [7, 11) is 0. The minimum absolute atomic E-state index is 0.0229. The number of aromatic nitrogens is 2. The average Bonchev–Trinajstić information content (AvgIpc) is 0.822. The molecule has 720 valence electrons. The van der Waals surface area contributed by atoms with E-state index in [-0.39, 0.29) is 41.4 Å². The highest BCUT2D eigenvalue weighted by molar-refractivity contribution is 6.68. The summed E-state index contributed by atoms with van der Waals surface area (Å²) >= 11 is 33.6. The van der Waals surface area contributed by atoms with Crippen LogP contribution in [0.2, 0.25) is 0 Å². The van der Waals surface area contributed by atoms with Crippen molar-refractivity contribution in [1.82, 2.24) is 41.0 Å². The topological polar surface area (TPSA) is 467 Å². The highest BCUT2D eigenvalue weighted by Crippen LogP contribution is 2.33. The van der Waals surface area contributed by atoms with Crippen LogP contribution in [0.3, 0.4) is 0 Å². The molecule has 4 aromatic carbocycles. The molecule has 10 atom stereocenters. The first-order chi connectivity index (χ1) is 61.0. The number of nitro groups is 2. The van der Waals surface area contributed by atoms with Crippen molar-refractivity contribution in [3.8, 4) is 0 Å². The van der Waals surface area contributed by atoms with Crippen LogP contribution in [0.25, 0.3) is 34.0 Å². The van der Waals surface area contributed by atoms with E-state index in [4.69, 9.17) is 98.3 Å². The second-order valence-corrected chi connectivity index (χ2v) is 39.5. The summed E-state index contributed by atoms with van der Waals surface area (Å²) in [5.41, 5.74) is -0.443. The van der Waals surface area contributed by atoms with E-state index in [0.717, 1.165) is 47.8 Å². The third-order valence-corrected chi connectivity index (χ3v) is 20.4. The van der Waals surface area contributed by atoms with E-state index in [9.17, 15) is 96.8 Å². The van der Waals surface area contributed by atoms with Gasteiger partial charge in [0.2, 0.25) is 25.5 Å². The number of aliphatic hydroxyl groups excluding tert-OH is 1. The number of carbonyl (C=O) groups is 12. The Kier molecular flexibility index (Phi) is 41.0. The summed E-state index contributed by atoms with van der Waals surface area (Å²) in [5, 5.41) is 52.8. The number of halogens is 8. The Morgan fingerprint density at radius 2 is 0.909 bits per heavy atom. The number of carbonyl (C=O) groups excluding carboxylic acids is 11. The maximum Gasteiger partial charge on any atom is 0.408 e. The third kappa shape index (κ3) is 35.8. The Balaban J connectivity index is 0.000000332. The molecule has 0 spiro atoms. The number of alkyl halides is 8. The number of nitro benzene ring substituents is 2. The lowest BCUT2D eigenvalue weighted by Gasteiger charge is -2.34. The molecule has 6 amide bonds. The van der Waals surface area contributed by atoms with Crippen molar-refractivity contribution in [2.75, 3.05) is 39.4 Å². The van der Waals surface area contributed by atoms with E-state index in [1.807, 2.05) is 88.4 Å². The summed E-state index contributed by atoms with van der Waals surface area (Å²) in [6.45, 7) is 28.7. The van der Waals surface area contributed by atoms with Gasteiger partial charge in [-0.1, -0.05) is 155 Å². The molecule has 2 aliphatic heterocycles. The largest absolute Gasteiger partial charge is 0.481 e. The molecule has 132 heavy (non-hydrogen) atoms. The number of carboxylic acids is 1. The third-order valence-electron chi connectivity index (χ3n) is 19.7. The van der Waals surface area contributed by atoms with Gasteiger partial charge in [0.15, 0.2) is 6.10 Å². The molecule has 2 saturated heterocycles. The molecule has 6 aromatic rings. The Morgan fingerprint density at radius 3 is 1.26 bits per heavy atom. The molecule has 2 fully saturated rings. The lowest BCUT2D eigenvalue weighted by Crippen LogP contribution is -2.54. The molecule has 34 nitrogen and oxygen atoms in total. The molecule has 0 bridgehead atoms. The standard InChI is InChI=1S/C37H48Cl3FN4O8.C22H28N2O4.C16H12N2O7.C15H22Cl3FN2O5/c1-21(41)29(30(46)42-23(3)31(47)45-17-9-10-26(19-45)32(48)51-20-37(38,39)40)52-33(49)36(7,8)16-15-24-11-12-25-13-14-27(44-28(25)18-24)22(2)43-34(50)53-35(4,5)6;1-14(23-20(27)28-21(2,3)4)17-10-9-16-8-7-15(13-18(16)24-17)11-12-22(5,6)19(25)26;1-9-5-3-7-11(17(21)22)13(9)15(19)25-16(20)14-10(2)6-4-8-12(14)18(23)24;1-8(19)11(22)12(23)20-9(2)13(24)21-5-3-4-10(6-21)14(25)26-7-15(16,17)18/h11-16,18,21-23,26,29H,9-10,17,19-20H2,1-8H3,(H,42,46)(H,43,50);7-14H,1-6H3,(H,23,27)(H,25,26);3-8H,1-2H3;8-11,22H,3-7H2,1-2H3,(H,20,23)/b16-15+;12-11+;;/t21?,22-,23+,26-,29?;14-;;8?,9-,10+,11?/m11.0/s1. The van der Waals surface area contributed by atoms with Gasteiger partial charge in [-0.25, -0.2) is 28.0 Å². The number of ether oxygens (including phenoxy) is 6. The number of pyridine rings is 2. The first-order valence-electron chi connectivity index (χ1n) is 41.5. The molecule has 4 heterocycles. The van der Waals surface area contributed by atoms with Crippen LogP contribution in [-0.2, 0) is 66.8 Å². The number of benzene rings is 4. The summed E-state index contributed by atoms with van der Waals surface area (Å²) < 4.78 is 54.9. The molecule has 0 saturated carbocycles. The van der Waals surface area contributed by atoms with E-state index in [2.05, 4.69) is 31.0 Å². The number of hydrogen-bond donors (Lipinski definition) is 6. The van der Waals surface area contributed by atoms with Crippen LogP contribution >= 0.6 is 69.6 Å². The normalized spacial score (nSPS) is 16.1. The number of aliphatic carboxylic acids is 1.